The fourth-order valence-corrected chi connectivity index (χ4v) is 3.20. The van der Waals surface area contributed by atoms with Gasteiger partial charge in [0.05, 0.1) is 5.69 Å². The van der Waals surface area contributed by atoms with E-state index in [2.05, 4.69) is 32.2 Å². The van der Waals surface area contributed by atoms with Gasteiger partial charge < -0.3 is 9.42 Å². The van der Waals surface area contributed by atoms with Crippen molar-refractivity contribution in [3.8, 4) is 0 Å². The van der Waals surface area contributed by atoms with E-state index in [-0.39, 0.29) is 0 Å². The second-order valence-corrected chi connectivity index (χ2v) is 6.07. The predicted octanol–water partition coefficient (Wildman–Crippen LogP) is 2.18. The van der Waals surface area contributed by atoms with Gasteiger partial charge in [0.1, 0.15) is 5.76 Å². The molecule has 22 heavy (non-hydrogen) atoms. The lowest BCUT2D eigenvalue weighted by Gasteiger charge is -2.29. The van der Waals surface area contributed by atoms with E-state index in [0.717, 1.165) is 36.9 Å². The minimum Gasteiger partial charge on any atom is -0.361 e. The van der Waals surface area contributed by atoms with Crippen LogP contribution in [0.2, 0.25) is 0 Å². The second kappa shape index (κ2) is 6.44. The zero-order valence-corrected chi connectivity index (χ0v) is 13.5. The first-order chi connectivity index (χ1) is 10.6. The summed E-state index contributed by atoms with van der Waals surface area (Å²) in [6, 6.07) is 4.48. The molecule has 0 spiro atoms. The third-order valence-corrected chi connectivity index (χ3v) is 4.36. The van der Waals surface area contributed by atoms with Crippen molar-refractivity contribution in [3.63, 3.8) is 0 Å². The lowest BCUT2D eigenvalue weighted by Crippen LogP contribution is -2.39. The predicted molar refractivity (Wildman–Crippen MR) is 84.7 cm³/mol. The fraction of sp³-hybridized carbons (Fsp3) is 0.562. The molecule has 1 atom stereocenters. The molecular formula is C16H23N5O. The van der Waals surface area contributed by atoms with Gasteiger partial charge in [0.2, 0.25) is 0 Å². The summed E-state index contributed by atoms with van der Waals surface area (Å²) in [5.41, 5.74) is 2.19. The van der Waals surface area contributed by atoms with Crippen LogP contribution in [0.25, 0.3) is 0 Å². The molecule has 118 valence electrons. The monoisotopic (exact) mass is 301 g/mol. The van der Waals surface area contributed by atoms with Crippen molar-refractivity contribution in [1.82, 2.24) is 20.3 Å². The van der Waals surface area contributed by atoms with Crippen molar-refractivity contribution in [2.45, 2.75) is 39.3 Å². The van der Waals surface area contributed by atoms with Gasteiger partial charge in [-0.15, -0.1) is 5.10 Å². The van der Waals surface area contributed by atoms with E-state index in [1.807, 2.05) is 26.0 Å². The molecule has 0 aliphatic carbocycles. The summed E-state index contributed by atoms with van der Waals surface area (Å²) in [4.78, 5) is 4.71. The molecule has 6 nitrogen and oxygen atoms in total. The van der Waals surface area contributed by atoms with E-state index in [1.165, 1.54) is 18.4 Å². The summed E-state index contributed by atoms with van der Waals surface area (Å²) in [6.45, 7) is 6.90. The van der Waals surface area contributed by atoms with E-state index >= 15 is 0 Å². The van der Waals surface area contributed by atoms with Crippen LogP contribution in [-0.4, -0.2) is 46.4 Å². The van der Waals surface area contributed by atoms with Crippen molar-refractivity contribution in [2.24, 2.45) is 0 Å². The molecule has 0 aromatic carbocycles. The van der Waals surface area contributed by atoms with Crippen LogP contribution in [0, 0.1) is 13.8 Å². The number of aryl methyl sites for hydroxylation is 2. The minimum absolute atomic E-state index is 0.488. The Morgan fingerprint density at radius 1 is 1.41 bits per heavy atom. The quantitative estimate of drug-likeness (QED) is 0.843. The van der Waals surface area contributed by atoms with Crippen LogP contribution in [0.15, 0.2) is 22.9 Å². The highest BCUT2D eigenvalue weighted by Crippen LogP contribution is 2.24. The Labute approximate surface area is 131 Å². The van der Waals surface area contributed by atoms with Gasteiger partial charge in [-0.25, -0.2) is 0 Å². The zero-order valence-electron chi connectivity index (χ0n) is 13.5. The first-order valence-electron chi connectivity index (χ1n) is 7.80. The first kappa shape index (κ1) is 15.0. The summed E-state index contributed by atoms with van der Waals surface area (Å²) in [6.07, 6.45) is 4.13. The van der Waals surface area contributed by atoms with Crippen LogP contribution in [0.3, 0.4) is 0 Å². The van der Waals surface area contributed by atoms with Gasteiger partial charge in [0.15, 0.2) is 5.82 Å². The van der Waals surface area contributed by atoms with Gasteiger partial charge in [-0.05, 0) is 45.9 Å². The van der Waals surface area contributed by atoms with E-state index < -0.39 is 0 Å². The Bertz CT molecular complexity index is 593. The van der Waals surface area contributed by atoms with Gasteiger partial charge >= 0.3 is 0 Å². The van der Waals surface area contributed by atoms with Crippen molar-refractivity contribution < 1.29 is 4.52 Å². The highest BCUT2D eigenvalue weighted by atomic mass is 16.5. The molecule has 2 aromatic heterocycles. The first-order valence-corrected chi connectivity index (χ1v) is 7.80. The maximum absolute atomic E-state index is 5.25. The molecule has 3 rings (SSSR count). The molecule has 6 heteroatoms. The smallest absolute Gasteiger partial charge is 0.151 e. The van der Waals surface area contributed by atoms with Gasteiger partial charge in [-0.1, -0.05) is 5.16 Å². The maximum atomic E-state index is 5.25. The van der Waals surface area contributed by atoms with E-state index in [9.17, 15) is 0 Å². The molecule has 0 amide bonds. The molecule has 1 fully saturated rings. The Hall–Kier alpha value is -1.95. The summed E-state index contributed by atoms with van der Waals surface area (Å²) < 4.78 is 5.25. The Morgan fingerprint density at radius 3 is 2.95 bits per heavy atom. The fourth-order valence-electron chi connectivity index (χ4n) is 3.20. The van der Waals surface area contributed by atoms with Gasteiger partial charge in [0.25, 0.3) is 0 Å². The molecule has 0 N–H and O–H groups in total. The number of likely N-dealkylation sites (N-methyl/N-ethyl adjacent to an activating group) is 1. The lowest BCUT2D eigenvalue weighted by atomic mass is 10.1. The number of nitrogens with zero attached hydrogens (tertiary/aromatic N) is 5. The molecule has 0 radical (unpaired) electrons. The van der Waals surface area contributed by atoms with Crippen LogP contribution >= 0.6 is 0 Å². The van der Waals surface area contributed by atoms with Crippen LogP contribution in [0.1, 0.15) is 29.9 Å². The van der Waals surface area contributed by atoms with Crippen LogP contribution in [-0.2, 0) is 6.54 Å². The van der Waals surface area contributed by atoms with Crippen molar-refractivity contribution >= 4 is 5.82 Å². The molecule has 1 aliphatic heterocycles. The zero-order chi connectivity index (χ0) is 15.5. The molecule has 0 saturated carbocycles. The van der Waals surface area contributed by atoms with Crippen LogP contribution < -0.4 is 4.90 Å². The number of hydrogen-bond donors (Lipinski definition) is 0. The minimum atomic E-state index is 0.488. The van der Waals surface area contributed by atoms with Gasteiger partial charge in [-0.3, -0.25) is 4.90 Å². The Morgan fingerprint density at radius 2 is 2.27 bits per heavy atom. The lowest BCUT2D eigenvalue weighted by molar-refractivity contribution is 0.299. The Balaban J connectivity index is 1.64. The maximum Gasteiger partial charge on any atom is 0.151 e. The second-order valence-electron chi connectivity index (χ2n) is 6.07. The highest BCUT2D eigenvalue weighted by Gasteiger charge is 2.27. The number of hydrogen-bond acceptors (Lipinski definition) is 6. The average Bonchev–Trinajstić information content (AvgIpc) is 3.10. The normalized spacial score (nSPS) is 18.4. The molecule has 3 heterocycles. The van der Waals surface area contributed by atoms with Gasteiger partial charge in [0, 0.05) is 37.4 Å². The SMILES string of the molecule is Cc1noc(C)c1CN(C)C[C@H]1CCCN1c1cccnn1. The van der Waals surface area contributed by atoms with Crippen LogP contribution in [0.5, 0.6) is 0 Å². The molecule has 2 aromatic rings. The van der Waals surface area contributed by atoms with Crippen molar-refractivity contribution in [2.75, 3.05) is 25.0 Å². The molecular weight excluding hydrogens is 278 g/mol. The van der Waals surface area contributed by atoms with E-state index in [1.54, 1.807) is 6.20 Å². The van der Waals surface area contributed by atoms with Crippen molar-refractivity contribution in [3.05, 3.63) is 35.3 Å². The topological polar surface area (TPSA) is 58.3 Å². The van der Waals surface area contributed by atoms with E-state index in [4.69, 9.17) is 4.52 Å². The van der Waals surface area contributed by atoms with Gasteiger partial charge in [-0.2, -0.15) is 5.10 Å². The molecule has 1 aliphatic rings. The standard InChI is InChI=1S/C16H23N5O/c1-12-15(13(2)22-19-12)11-20(3)10-14-6-5-9-21(14)16-7-4-8-17-18-16/h4,7-8,14H,5-6,9-11H2,1-3H3/t14-/m1/s1. The summed E-state index contributed by atoms with van der Waals surface area (Å²) in [7, 11) is 2.15. The summed E-state index contributed by atoms with van der Waals surface area (Å²) >= 11 is 0. The Kier molecular flexibility index (Phi) is 4.38. The average molecular weight is 301 g/mol. The third kappa shape index (κ3) is 3.11. The summed E-state index contributed by atoms with van der Waals surface area (Å²) in [5, 5.41) is 12.3. The highest BCUT2D eigenvalue weighted by molar-refractivity contribution is 5.39. The molecule has 1 saturated heterocycles. The number of aromatic nitrogens is 3. The van der Waals surface area contributed by atoms with Crippen LogP contribution in [0.4, 0.5) is 5.82 Å². The number of rotatable bonds is 5. The van der Waals surface area contributed by atoms with Crippen molar-refractivity contribution in [1.29, 1.82) is 0 Å². The largest absolute Gasteiger partial charge is 0.361 e. The molecule has 0 bridgehead atoms. The number of anilines is 1. The van der Waals surface area contributed by atoms with E-state index in [0.29, 0.717) is 6.04 Å². The molecule has 0 unspecified atom stereocenters. The summed E-state index contributed by atoms with van der Waals surface area (Å²) in [5.74, 6) is 1.90. The third-order valence-electron chi connectivity index (χ3n) is 4.36.